The number of nitrogens with two attached hydrogens (primary N) is 1. The van der Waals surface area contributed by atoms with Gasteiger partial charge in [0.15, 0.2) is 0 Å². The monoisotopic (exact) mass is 220 g/mol. The summed E-state index contributed by atoms with van der Waals surface area (Å²) in [5.41, 5.74) is 8.18. The van der Waals surface area contributed by atoms with Gasteiger partial charge in [-0.3, -0.25) is 0 Å². The number of hydrogen-bond acceptors (Lipinski definition) is 3. The number of nitrogen functional groups attached to an aromatic ring is 1. The number of benzene rings is 1. The molecule has 0 unspecified atom stereocenters. The van der Waals surface area contributed by atoms with Crippen LogP contribution in [0.4, 0.5) is 5.69 Å². The van der Waals surface area contributed by atoms with E-state index in [0.29, 0.717) is 11.8 Å². The highest BCUT2D eigenvalue weighted by Crippen LogP contribution is 2.31. The SMILES string of the molecule is CC.Cc1cc(C=N)c(N)cc1OC1CC1. The van der Waals surface area contributed by atoms with Crippen LogP contribution in [0.1, 0.15) is 37.8 Å². The van der Waals surface area contributed by atoms with Gasteiger partial charge in [0.05, 0.1) is 6.10 Å². The second-order valence-electron chi connectivity index (χ2n) is 3.71. The average molecular weight is 220 g/mol. The van der Waals surface area contributed by atoms with Crippen LogP contribution < -0.4 is 10.5 Å². The van der Waals surface area contributed by atoms with E-state index in [1.54, 1.807) is 0 Å². The van der Waals surface area contributed by atoms with Crippen LogP contribution in [-0.2, 0) is 0 Å². The number of nitrogens with one attached hydrogen (secondary N) is 1. The Hall–Kier alpha value is -1.51. The molecule has 3 heteroatoms. The Morgan fingerprint density at radius 1 is 1.38 bits per heavy atom. The van der Waals surface area contributed by atoms with Crippen molar-refractivity contribution in [1.29, 1.82) is 5.41 Å². The first-order valence-corrected chi connectivity index (χ1v) is 5.78. The number of rotatable bonds is 3. The summed E-state index contributed by atoms with van der Waals surface area (Å²) < 4.78 is 5.68. The van der Waals surface area contributed by atoms with E-state index in [4.69, 9.17) is 15.9 Å². The van der Waals surface area contributed by atoms with Crippen molar-refractivity contribution in [2.45, 2.75) is 39.7 Å². The predicted molar refractivity (Wildman–Crippen MR) is 68.5 cm³/mol. The lowest BCUT2D eigenvalue weighted by atomic mass is 10.1. The van der Waals surface area contributed by atoms with Crippen LogP contribution in [0.25, 0.3) is 0 Å². The van der Waals surface area contributed by atoms with Crippen LogP contribution in [0.3, 0.4) is 0 Å². The first-order chi connectivity index (χ1) is 7.70. The van der Waals surface area contributed by atoms with Crippen molar-refractivity contribution >= 4 is 11.9 Å². The molecule has 0 spiro atoms. The maximum atomic E-state index is 7.16. The lowest BCUT2D eigenvalue weighted by Crippen LogP contribution is -2.01. The molecule has 2 rings (SSSR count). The molecule has 0 heterocycles. The molecular formula is C13H20N2O. The Kier molecular flexibility index (Phi) is 4.35. The van der Waals surface area contributed by atoms with Gasteiger partial charge in [-0.15, -0.1) is 0 Å². The quantitative estimate of drug-likeness (QED) is 0.607. The largest absolute Gasteiger partial charge is 0.490 e. The molecule has 1 saturated carbocycles. The van der Waals surface area contributed by atoms with E-state index in [1.807, 2.05) is 32.9 Å². The van der Waals surface area contributed by atoms with Gasteiger partial charge in [0.25, 0.3) is 0 Å². The minimum atomic E-state index is 0.388. The van der Waals surface area contributed by atoms with Crippen LogP contribution in [0.5, 0.6) is 5.75 Å². The maximum Gasteiger partial charge on any atom is 0.124 e. The van der Waals surface area contributed by atoms with Crippen LogP contribution in [0, 0.1) is 12.3 Å². The second kappa shape index (κ2) is 5.54. The predicted octanol–water partition coefficient (Wildman–Crippen LogP) is 3.14. The fourth-order valence-corrected chi connectivity index (χ4v) is 1.34. The lowest BCUT2D eigenvalue weighted by molar-refractivity contribution is 0.301. The minimum Gasteiger partial charge on any atom is -0.490 e. The van der Waals surface area contributed by atoms with Crippen molar-refractivity contribution < 1.29 is 4.74 Å². The summed E-state index contributed by atoms with van der Waals surface area (Å²) in [7, 11) is 0. The third kappa shape index (κ3) is 2.99. The zero-order valence-electron chi connectivity index (χ0n) is 10.2. The highest BCUT2D eigenvalue weighted by molar-refractivity contribution is 5.85. The fourth-order valence-electron chi connectivity index (χ4n) is 1.34. The van der Waals surface area contributed by atoms with Crippen molar-refractivity contribution in [3.05, 3.63) is 23.3 Å². The van der Waals surface area contributed by atoms with Gasteiger partial charge < -0.3 is 15.9 Å². The highest BCUT2D eigenvalue weighted by atomic mass is 16.5. The van der Waals surface area contributed by atoms with Crippen LogP contribution >= 0.6 is 0 Å². The molecule has 1 fully saturated rings. The molecule has 0 atom stereocenters. The normalized spacial score (nSPS) is 13.7. The summed E-state index contributed by atoms with van der Waals surface area (Å²) in [5, 5.41) is 7.16. The topological polar surface area (TPSA) is 59.1 Å². The molecule has 0 radical (unpaired) electrons. The van der Waals surface area contributed by atoms with E-state index >= 15 is 0 Å². The van der Waals surface area contributed by atoms with Gasteiger partial charge in [-0.25, -0.2) is 0 Å². The summed E-state index contributed by atoms with van der Waals surface area (Å²) in [4.78, 5) is 0. The smallest absolute Gasteiger partial charge is 0.124 e. The number of hydrogen-bond donors (Lipinski definition) is 2. The third-order valence-electron chi connectivity index (χ3n) is 2.35. The summed E-state index contributed by atoms with van der Waals surface area (Å²) >= 11 is 0. The molecule has 0 aromatic heterocycles. The van der Waals surface area contributed by atoms with Gasteiger partial charge in [-0.2, -0.15) is 0 Å². The zero-order chi connectivity index (χ0) is 12.1. The number of anilines is 1. The van der Waals surface area contributed by atoms with Gasteiger partial charge in [0, 0.05) is 23.5 Å². The standard InChI is InChI=1S/C11H14N2O.C2H6/c1-7-4-8(6-12)10(13)5-11(7)14-9-2-3-9;1-2/h4-6,9,12H,2-3,13H2,1H3;1-2H3. The Morgan fingerprint density at radius 2 is 2.00 bits per heavy atom. The zero-order valence-corrected chi connectivity index (χ0v) is 10.2. The van der Waals surface area contributed by atoms with Crippen molar-refractivity contribution in [3.63, 3.8) is 0 Å². The molecule has 1 aromatic rings. The summed E-state index contributed by atoms with van der Waals surface area (Å²) in [6.07, 6.45) is 3.94. The van der Waals surface area contributed by atoms with Gasteiger partial charge in [0.2, 0.25) is 0 Å². The van der Waals surface area contributed by atoms with E-state index in [0.717, 1.165) is 29.7 Å². The Labute approximate surface area is 97.1 Å². The summed E-state index contributed by atoms with van der Waals surface area (Å²) in [5.74, 6) is 0.857. The minimum absolute atomic E-state index is 0.388. The van der Waals surface area contributed by atoms with Gasteiger partial charge in [0.1, 0.15) is 5.75 Å². The highest BCUT2D eigenvalue weighted by Gasteiger charge is 2.24. The van der Waals surface area contributed by atoms with E-state index < -0.39 is 0 Å². The van der Waals surface area contributed by atoms with Crippen molar-refractivity contribution in [2.75, 3.05) is 5.73 Å². The molecule has 0 amide bonds. The number of ether oxygens (including phenoxy) is 1. The Balaban J connectivity index is 0.000000606. The van der Waals surface area contributed by atoms with E-state index in [1.165, 1.54) is 6.21 Å². The first-order valence-electron chi connectivity index (χ1n) is 5.78. The maximum absolute atomic E-state index is 7.16. The fraction of sp³-hybridized carbons (Fsp3) is 0.462. The molecule has 0 bridgehead atoms. The molecule has 0 aliphatic heterocycles. The Bertz CT molecular complexity index is 370. The molecule has 3 N–H and O–H groups in total. The molecular weight excluding hydrogens is 200 g/mol. The van der Waals surface area contributed by atoms with Gasteiger partial charge in [-0.1, -0.05) is 13.8 Å². The van der Waals surface area contributed by atoms with Crippen LogP contribution in [0.15, 0.2) is 12.1 Å². The molecule has 1 aromatic carbocycles. The summed E-state index contributed by atoms with van der Waals surface area (Å²) in [6, 6.07) is 3.70. The van der Waals surface area contributed by atoms with E-state index in [-0.39, 0.29) is 0 Å². The van der Waals surface area contributed by atoms with Gasteiger partial charge in [-0.05, 0) is 31.4 Å². The van der Waals surface area contributed by atoms with Gasteiger partial charge >= 0.3 is 0 Å². The van der Waals surface area contributed by atoms with Crippen LogP contribution in [-0.4, -0.2) is 12.3 Å². The Morgan fingerprint density at radius 3 is 2.50 bits per heavy atom. The molecule has 16 heavy (non-hydrogen) atoms. The van der Waals surface area contributed by atoms with Crippen LogP contribution in [0.2, 0.25) is 0 Å². The second-order valence-corrected chi connectivity index (χ2v) is 3.71. The molecule has 1 aliphatic carbocycles. The molecule has 88 valence electrons. The molecule has 3 nitrogen and oxygen atoms in total. The average Bonchev–Trinajstić information content (AvgIpc) is 3.10. The lowest BCUT2D eigenvalue weighted by Gasteiger charge is -2.10. The number of aryl methyl sites for hydroxylation is 1. The molecule has 1 aliphatic rings. The summed E-state index contributed by atoms with van der Waals surface area (Å²) in [6.45, 7) is 5.98. The third-order valence-corrected chi connectivity index (χ3v) is 2.35. The first kappa shape index (κ1) is 12.6. The van der Waals surface area contributed by atoms with Crippen molar-refractivity contribution in [2.24, 2.45) is 0 Å². The van der Waals surface area contributed by atoms with Crippen molar-refractivity contribution in [1.82, 2.24) is 0 Å². The molecule has 0 saturated heterocycles. The van der Waals surface area contributed by atoms with E-state index in [9.17, 15) is 0 Å². The van der Waals surface area contributed by atoms with Crippen molar-refractivity contribution in [3.8, 4) is 5.75 Å². The van der Waals surface area contributed by atoms with E-state index in [2.05, 4.69) is 0 Å².